The molecule has 1 aromatic carbocycles. The molecule has 3 nitrogen and oxygen atoms in total. The summed E-state index contributed by atoms with van der Waals surface area (Å²) in [6, 6.07) is 8.28. The van der Waals surface area contributed by atoms with Crippen molar-refractivity contribution in [2.45, 2.75) is 38.9 Å². The maximum Gasteiger partial charge on any atom is 0.494 e. The van der Waals surface area contributed by atoms with Crippen molar-refractivity contribution in [1.82, 2.24) is 0 Å². The summed E-state index contributed by atoms with van der Waals surface area (Å²) >= 11 is 5.95. The van der Waals surface area contributed by atoms with Crippen molar-refractivity contribution in [2.75, 3.05) is 11.4 Å². The lowest BCUT2D eigenvalue weighted by Crippen LogP contribution is -2.41. The van der Waals surface area contributed by atoms with E-state index < -0.39 is 0 Å². The minimum absolute atomic E-state index is 0.312. The zero-order valence-electron chi connectivity index (χ0n) is 13.5. The summed E-state index contributed by atoms with van der Waals surface area (Å²) in [5.41, 5.74) is 1.54. The van der Waals surface area contributed by atoms with Crippen LogP contribution in [0.15, 0.2) is 47.6 Å². The molecule has 22 heavy (non-hydrogen) atoms. The molecule has 1 saturated heterocycles. The van der Waals surface area contributed by atoms with Crippen molar-refractivity contribution < 1.29 is 9.31 Å². The molecule has 0 unspecified atom stereocenters. The summed E-state index contributed by atoms with van der Waals surface area (Å²) in [5, 5.41) is 0.782. The van der Waals surface area contributed by atoms with Crippen LogP contribution < -0.4 is 10.4 Å². The SMILES string of the molecule is CC1(C)OB(c2ccc(N3C=CC(Cl)=CC3)cc2)OC1(C)C. The van der Waals surface area contributed by atoms with E-state index in [1.54, 1.807) is 0 Å². The summed E-state index contributed by atoms with van der Waals surface area (Å²) in [5.74, 6) is 0. The molecule has 116 valence electrons. The molecule has 1 aromatic rings. The van der Waals surface area contributed by atoms with Crippen molar-refractivity contribution >= 4 is 29.9 Å². The number of rotatable bonds is 2. The van der Waals surface area contributed by atoms with Gasteiger partial charge in [-0.1, -0.05) is 23.7 Å². The molecule has 5 heteroatoms. The number of hydrogen-bond donors (Lipinski definition) is 0. The van der Waals surface area contributed by atoms with Crippen molar-refractivity contribution in [3.8, 4) is 0 Å². The third-order valence-corrected chi connectivity index (χ3v) is 4.93. The van der Waals surface area contributed by atoms with Crippen LogP contribution in [0.1, 0.15) is 27.7 Å². The molecule has 0 atom stereocenters. The predicted molar refractivity (Wildman–Crippen MR) is 92.6 cm³/mol. The van der Waals surface area contributed by atoms with Crippen LogP contribution in [-0.2, 0) is 9.31 Å². The zero-order valence-corrected chi connectivity index (χ0v) is 14.2. The van der Waals surface area contributed by atoms with Gasteiger partial charge in [-0.3, -0.25) is 0 Å². The zero-order chi connectivity index (χ0) is 16.0. The van der Waals surface area contributed by atoms with Gasteiger partial charge in [0.25, 0.3) is 0 Å². The van der Waals surface area contributed by atoms with Gasteiger partial charge in [0.1, 0.15) is 0 Å². The third kappa shape index (κ3) is 2.83. The number of benzene rings is 1. The highest BCUT2D eigenvalue weighted by molar-refractivity contribution is 6.62. The van der Waals surface area contributed by atoms with E-state index in [1.165, 1.54) is 0 Å². The molecular formula is C17H21BClNO2. The fraction of sp³-hybridized carbons (Fsp3) is 0.412. The van der Waals surface area contributed by atoms with Crippen LogP contribution in [0, 0.1) is 0 Å². The van der Waals surface area contributed by atoms with E-state index in [2.05, 4.69) is 56.9 Å². The Morgan fingerprint density at radius 3 is 2.14 bits per heavy atom. The average Bonchev–Trinajstić information content (AvgIpc) is 2.68. The van der Waals surface area contributed by atoms with Crippen LogP contribution in [0.25, 0.3) is 0 Å². The molecule has 2 aliphatic rings. The van der Waals surface area contributed by atoms with Gasteiger partial charge in [-0.05, 0) is 57.4 Å². The molecule has 0 bridgehead atoms. The molecule has 0 N–H and O–H groups in total. The Morgan fingerprint density at radius 2 is 1.64 bits per heavy atom. The first-order valence-corrected chi connectivity index (χ1v) is 7.92. The van der Waals surface area contributed by atoms with Gasteiger partial charge in [0.15, 0.2) is 0 Å². The molecule has 3 rings (SSSR count). The van der Waals surface area contributed by atoms with Gasteiger partial charge in [-0.15, -0.1) is 0 Å². The molecule has 0 aromatic heterocycles. The van der Waals surface area contributed by atoms with E-state index in [0.29, 0.717) is 0 Å². The van der Waals surface area contributed by atoms with Crippen molar-refractivity contribution in [3.05, 3.63) is 47.6 Å². The Hall–Kier alpha value is -1.23. The molecule has 2 aliphatic heterocycles. The number of allylic oxidation sites excluding steroid dienone is 2. The summed E-state index contributed by atoms with van der Waals surface area (Å²) in [4.78, 5) is 2.14. The van der Waals surface area contributed by atoms with E-state index in [9.17, 15) is 0 Å². The van der Waals surface area contributed by atoms with Gasteiger partial charge in [0.2, 0.25) is 0 Å². The minimum Gasteiger partial charge on any atom is -0.399 e. The van der Waals surface area contributed by atoms with Crippen molar-refractivity contribution in [2.24, 2.45) is 0 Å². The molecule has 0 amide bonds. The Balaban J connectivity index is 1.75. The van der Waals surface area contributed by atoms with Crippen LogP contribution in [0.3, 0.4) is 0 Å². The lowest BCUT2D eigenvalue weighted by atomic mass is 9.79. The summed E-state index contributed by atoms with van der Waals surface area (Å²) < 4.78 is 12.1. The number of halogens is 1. The first-order chi connectivity index (χ1) is 10.3. The normalized spacial score (nSPS) is 22.9. The van der Waals surface area contributed by atoms with Crippen LogP contribution >= 0.6 is 11.6 Å². The number of nitrogens with zero attached hydrogens (tertiary/aromatic N) is 1. The molecule has 1 fully saturated rings. The second-order valence-electron chi connectivity index (χ2n) is 6.74. The predicted octanol–water partition coefficient (Wildman–Crippen LogP) is 3.44. The van der Waals surface area contributed by atoms with Crippen molar-refractivity contribution in [3.63, 3.8) is 0 Å². The maximum atomic E-state index is 6.07. The third-order valence-electron chi connectivity index (χ3n) is 4.65. The van der Waals surface area contributed by atoms with E-state index in [1.807, 2.05) is 18.4 Å². The minimum atomic E-state index is -0.315. The highest BCUT2D eigenvalue weighted by atomic mass is 35.5. The summed E-state index contributed by atoms with van der Waals surface area (Å²) in [6.45, 7) is 9.04. The van der Waals surface area contributed by atoms with Crippen molar-refractivity contribution in [1.29, 1.82) is 0 Å². The second kappa shape index (κ2) is 5.45. The van der Waals surface area contributed by atoms with Crippen LogP contribution in [0.5, 0.6) is 0 Å². The highest BCUT2D eigenvalue weighted by Gasteiger charge is 2.51. The number of anilines is 1. The standard InChI is InChI=1S/C17H21BClNO2/c1-16(2)17(3,4)22-18(21-16)13-5-7-15(8-6-13)20-11-9-14(19)10-12-20/h5-11H,12H2,1-4H3. The van der Waals surface area contributed by atoms with Gasteiger partial charge in [0, 0.05) is 23.5 Å². The van der Waals surface area contributed by atoms with Crippen LogP contribution in [-0.4, -0.2) is 24.9 Å². The van der Waals surface area contributed by atoms with Gasteiger partial charge < -0.3 is 14.2 Å². The fourth-order valence-corrected chi connectivity index (χ4v) is 2.59. The average molecular weight is 318 g/mol. The molecular weight excluding hydrogens is 296 g/mol. The Kier molecular flexibility index (Phi) is 3.88. The number of hydrogen-bond acceptors (Lipinski definition) is 3. The molecule has 0 saturated carbocycles. The van der Waals surface area contributed by atoms with E-state index >= 15 is 0 Å². The van der Waals surface area contributed by atoms with E-state index in [-0.39, 0.29) is 18.3 Å². The molecule has 0 aliphatic carbocycles. The topological polar surface area (TPSA) is 21.7 Å². The fourth-order valence-electron chi connectivity index (χ4n) is 2.47. The van der Waals surface area contributed by atoms with Gasteiger partial charge >= 0.3 is 7.12 Å². The van der Waals surface area contributed by atoms with Gasteiger partial charge in [-0.25, -0.2) is 0 Å². The van der Waals surface area contributed by atoms with E-state index in [4.69, 9.17) is 20.9 Å². The maximum absolute atomic E-state index is 6.07. The van der Waals surface area contributed by atoms with Gasteiger partial charge in [0.05, 0.1) is 11.2 Å². The smallest absolute Gasteiger partial charge is 0.399 e. The quantitative estimate of drug-likeness (QED) is 0.780. The second-order valence-corrected chi connectivity index (χ2v) is 7.17. The van der Waals surface area contributed by atoms with Gasteiger partial charge in [-0.2, -0.15) is 0 Å². The van der Waals surface area contributed by atoms with E-state index in [0.717, 1.165) is 22.7 Å². The largest absolute Gasteiger partial charge is 0.494 e. The monoisotopic (exact) mass is 317 g/mol. The Morgan fingerprint density at radius 1 is 1.05 bits per heavy atom. The molecule has 0 spiro atoms. The molecule has 0 radical (unpaired) electrons. The summed E-state index contributed by atoms with van der Waals surface area (Å²) in [7, 11) is -0.315. The lowest BCUT2D eigenvalue weighted by Gasteiger charge is -2.32. The molecule has 2 heterocycles. The Bertz CT molecular complexity index is 606. The van der Waals surface area contributed by atoms with Crippen LogP contribution in [0.2, 0.25) is 0 Å². The first kappa shape index (κ1) is 15.7. The highest BCUT2D eigenvalue weighted by Crippen LogP contribution is 2.36. The lowest BCUT2D eigenvalue weighted by molar-refractivity contribution is 0.00578. The van der Waals surface area contributed by atoms with Crippen LogP contribution in [0.4, 0.5) is 5.69 Å². The Labute approximate surface area is 137 Å². The summed E-state index contributed by atoms with van der Waals surface area (Å²) in [6.07, 6.45) is 5.88. The first-order valence-electron chi connectivity index (χ1n) is 7.55.